The fourth-order valence-corrected chi connectivity index (χ4v) is 2.19. The molecule has 14 heteroatoms. The molecular weight excluding hydrogens is 435 g/mol. The van der Waals surface area contributed by atoms with E-state index in [0.29, 0.717) is 18.2 Å². The molecule has 0 fully saturated rings. The molecule has 1 heterocycles. The van der Waals surface area contributed by atoms with Gasteiger partial charge in [0.25, 0.3) is 0 Å². The van der Waals surface area contributed by atoms with E-state index in [9.17, 15) is 39.5 Å². The van der Waals surface area contributed by atoms with Crippen molar-refractivity contribution in [2.24, 2.45) is 0 Å². The predicted octanol–water partition coefficient (Wildman–Crippen LogP) is 5.07. The highest BCUT2D eigenvalue weighted by molar-refractivity contribution is 5.63. The zero-order chi connectivity index (χ0) is 22.9. The van der Waals surface area contributed by atoms with Crippen LogP contribution < -0.4 is 10.6 Å². The molecule has 30 heavy (non-hydrogen) atoms. The van der Waals surface area contributed by atoms with Gasteiger partial charge in [0.2, 0.25) is 5.95 Å². The number of hydrogen-bond donors (Lipinski definition) is 3. The molecule has 1 aromatic carbocycles. The summed E-state index contributed by atoms with van der Waals surface area (Å²) >= 11 is 0. The van der Waals surface area contributed by atoms with E-state index in [-0.39, 0.29) is 6.07 Å². The number of hydrogen-bond acceptors (Lipinski definition) is 5. The summed E-state index contributed by atoms with van der Waals surface area (Å²) in [6.07, 6.45) is -15.3. The molecular formula is C16H13F9N4O. The molecule has 0 spiro atoms. The molecule has 2 aromatic rings. The van der Waals surface area contributed by atoms with E-state index in [1.165, 1.54) is 6.92 Å². The fraction of sp³-hybridized carbons (Fsp3) is 0.375. The standard InChI is InChI=1S/C16H13F9N4O/c1-7(6-30)26-13-28-11(16(23,24)25)5-12(29-13)27-10-3-2-8(14(17,18)19)4-9(10)15(20,21)22/h2-5,7,30H,6H2,1H3,(H2,26,27,28,29)/t7-/m0/s1. The minimum absolute atomic E-state index is 0.165. The molecule has 3 N–H and O–H groups in total. The lowest BCUT2D eigenvalue weighted by molar-refractivity contribution is -0.143. The third kappa shape index (κ3) is 5.87. The Bertz CT molecular complexity index is 894. The summed E-state index contributed by atoms with van der Waals surface area (Å²) in [5.41, 5.74) is -5.79. The van der Waals surface area contributed by atoms with Crippen LogP contribution in [-0.2, 0) is 18.5 Å². The van der Waals surface area contributed by atoms with Gasteiger partial charge in [0.15, 0.2) is 5.69 Å². The maximum absolute atomic E-state index is 13.2. The SMILES string of the molecule is C[C@@H](CO)Nc1nc(Nc2ccc(C(F)(F)F)cc2C(F)(F)F)cc(C(F)(F)F)n1. The van der Waals surface area contributed by atoms with Crippen LogP contribution in [0, 0.1) is 0 Å². The van der Waals surface area contributed by atoms with E-state index in [1.54, 1.807) is 0 Å². The molecule has 0 radical (unpaired) electrons. The summed E-state index contributed by atoms with van der Waals surface area (Å²) in [5.74, 6) is -1.41. The second-order valence-corrected chi connectivity index (χ2v) is 6.07. The second-order valence-electron chi connectivity index (χ2n) is 6.07. The average Bonchev–Trinajstić information content (AvgIpc) is 2.59. The Labute approximate surface area is 163 Å². The molecule has 0 amide bonds. The Kier molecular flexibility index (Phi) is 6.40. The first-order chi connectivity index (χ1) is 13.6. The van der Waals surface area contributed by atoms with Crippen LogP contribution in [-0.4, -0.2) is 27.7 Å². The number of aliphatic hydroxyl groups excluding tert-OH is 1. The Morgan fingerprint density at radius 2 is 1.53 bits per heavy atom. The summed E-state index contributed by atoms with van der Waals surface area (Å²) in [6.45, 7) is 0.855. The highest BCUT2D eigenvalue weighted by atomic mass is 19.4. The molecule has 1 aromatic heterocycles. The third-order valence-electron chi connectivity index (χ3n) is 3.58. The topological polar surface area (TPSA) is 70.1 Å². The maximum Gasteiger partial charge on any atom is 0.433 e. The van der Waals surface area contributed by atoms with Gasteiger partial charge in [0, 0.05) is 12.1 Å². The van der Waals surface area contributed by atoms with Crippen molar-refractivity contribution in [3.05, 3.63) is 41.1 Å². The molecule has 5 nitrogen and oxygen atoms in total. The predicted molar refractivity (Wildman–Crippen MR) is 86.9 cm³/mol. The van der Waals surface area contributed by atoms with Crippen LogP contribution in [0.3, 0.4) is 0 Å². The zero-order valence-electron chi connectivity index (χ0n) is 14.8. The van der Waals surface area contributed by atoms with E-state index in [2.05, 4.69) is 15.3 Å². The van der Waals surface area contributed by atoms with Gasteiger partial charge in [-0.05, 0) is 25.1 Å². The average molecular weight is 448 g/mol. The van der Waals surface area contributed by atoms with Gasteiger partial charge in [0.05, 0.1) is 23.4 Å². The van der Waals surface area contributed by atoms with Crippen molar-refractivity contribution in [3.8, 4) is 0 Å². The molecule has 0 aliphatic heterocycles. The van der Waals surface area contributed by atoms with Crippen LogP contribution in [0.4, 0.5) is 57.0 Å². The van der Waals surface area contributed by atoms with Gasteiger partial charge < -0.3 is 15.7 Å². The highest BCUT2D eigenvalue weighted by Crippen LogP contribution is 2.40. The number of aliphatic hydroxyl groups is 1. The van der Waals surface area contributed by atoms with Gasteiger partial charge in [-0.25, -0.2) is 4.98 Å². The molecule has 0 saturated carbocycles. The Morgan fingerprint density at radius 3 is 2.03 bits per heavy atom. The van der Waals surface area contributed by atoms with Crippen molar-refractivity contribution in [2.45, 2.75) is 31.5 Å². The van der Waals surface area contributed by atoms with Gasteiger partial charge >= 0.3 is 18.5 Å². The van der Waals surface area contributed by atoms with Crippen LogP contribution in [0.2, 0.25) is 0 Å². The second kappa shape index (κ2) is 8.16. The van der Waals surface area contributed by atoms with Gasteiger partial charge in [-0.15, -0.1) is 0 Å². The highest BCUT2D eigenvalue weighted by Gasteiger charge is 2.39. The van der Waals surface area contributed by atoms with Crippen LogP contribution in [0.15, 0.2) is 24.3 Å². The quantitative estimate of drug-likeness (QED) is 0.558. The lowest BCUT2D eigenvalue weighted by Crippen LogP contribution is -2.22. The fourth-order valence-electron chi connectivity index (χ4n) is 2.19. The first kappa shape index (κ1) is 23.5. The van der Waals surface area contributed by atoms with E-state index >= 15 is 0 Å². The van der Waals surface area contributed by atoms with Gasteiger partial charge in [-0.2, -0.15) is 44.5 Å². The lowest BCUT2D eigenvalue weighted by atomic mass is 10.1. The first-order valence-corrected chi connectivity index (χ1v) is 8.00. The summed E-state index contributed by atoms with van der Waals surface area (Å²) < 4.78 is 117. The number of aromatic nitrogens is 2. The number of alkyl halides is 9. The Balaban J connectivity index is 2.54. The van der Waals surface area contributed by atoms with Crippen molar-refractivity contribution in [1.29, 1.82) is 0 Å². The van der Waals surface area contributed by atoms with Crippen molar-refractivity contribution in [2.75, 3.05) is 17.2 Å². The van der Waals surface area contributed by atoms with E-state index in [4.69, 9.17) is 5.11 Å². The van der Waals surface area contributed by atoms with E-state index in [1.807, 2.05) is 5.32 Å². The molecule has 0 aliphatic carbocycles. The molecule has 0 aliphatic rings. The molecule has 2 rings (SSSR count). The van der Waals surface area contributed by atoms with E-state index < -0.39 is 65.5 Å². The Hall–Kier alpha value is -2.77. The lowest BCUT2D eigenvalue weighted by Gasteiger charge is -2.18. The molecule has 0 saturated heterocycles. The van der Waals surface area contributed by atoms with Crippen molar-refractivity contribution < 1.29 is 44.6 Å². The zero-order valence-corrected chi connectivity index (χ0v) is 14.8. The van der Waals surface area contributed by atoms with Crippen LogP contribution >= 0.6 is 0 Å². The number of rotatable bonds is 5. The van der Waals surface area contributed by atoms with Crippen molar-refractivity contribution in [3.63, 3.8) is 0 Å². The van der Waals surface area contributed by atoms with Gasteiger partial charge in [-0.3, -0.25) is 0 Å². The number of benzene rings is 1. The van der Waals surface area contributed by atoms with Crippen molar-refractivity contribution >= 4 is 17.5 Å². The van der Waals surface area contributed by atoms with Crippen LogP contribution in [0.5, 0.6) is 0 Å². The minimum Gasteiger partial charge on any atom is -0.394 e. The minimum atomic E-state index is -5.24. The third-order valence-corrected chi connectivity index (χ3v) is 3.58. The normalized spacial score (nSPS) is 13.8. The van der Waals surface area contributed by atoms with Gasteiger partial charge in [0.1, 0.15) is 5.82 Å². The van der Waals surface area contributed by atoms with Crippen LogP contribution in [0.25, 0.3) is 0 Å². The smallest absolute Gasteiger partial charge is 0.394 e. The summed E-state index contributed by atoms with van der Waals surface area (Å²) in [4.78, 5) is 6.77. The number of anilines is 3. The number of nitrogens with zero attached hydrogens (tertiary/aromatic N) is 2. The number of halogens is 9. The monoisotopic (exact) mass is 448 g/mol. The molecule has 1 atom stereocenters. The van der Waals surface area contributed by atoms with Gasteiger partial charge in [-0.1, -0.05) is 0 Å². The Morgan fingerprint density at radius 1 is 0.900 bits per heavy atom. The molecule has 0 bridgehead atoms. The molecule has 166 valence electrons. The van der Waals surface area contributed by atoms with Crippen molar-refractivity contribution in [1.82, 2.24) is 9.97 Å². The molecule has 0 unspecified atom stereocenters. The number of nitrogens with one attached hydrogen (secondary N) is 2. The summed E-state index contributed by atoms with van der Waals surface area (Å²) in [6, 6.07) is 0.118. The largest absolute Gasteiger partial charge is 0.433 e. The van der Waals surface area contributed by atoms with E-state index in [0.717, 1.165) is 0 Å². The summed E-state index contributed by atoms with van der Waals surface area (Å²) in [5, 5.41) is 13.3. The first-order valence-electron chi connectivity index (χ1n) is 8.00. The summed E-state index contributed by atoms with van der Waals surface area (Å²) in [7, 11) is 0. The van der Waals surface area contributed by atoms with Crippen LogP contribution in [0.1, 0.15) is 23.7 Å². The maximum atomic E-state index is 13.2.